The van der Waals surface area contributed by atoms with Crippen LogP contribution in [0.25, 0.3) is 0 Å². The Morgan fingerprint density at radius 2 is 2.32 bits per heavy atom. The van der Waals surface area contributed by atoms with Gasteiger partial charge in [0.25, 0.3) is 0 Å². The number of carbonyl (C=O) groups excluding carboxylic acids is 2. The maximum Gasteiger partial charge on any atom is 0.237 e. The van der Waals surface area contributed by atoms with Crippen molar-refractivity contribution in [3.63, 3.8) is 0 Å². The molecule has 2 amide bonds. The Hall–Kier alpha value is -2.15. The molecule has 1 aliphatic rings. The smallest absolute Gasteiger partial charge is 0.237 e. The molecule has 1 aromatic carbocycles. The van der Waals surface area contributed by atoms with Gasteiger partial charge in [-0.25, -0.2) is 4.39 Å². The molecule has 0 aromatic heterocycles. The number of hydrogen-bond acceptors (Lipinski definition) is 4. The summed E-state index contributed by atoms with van der Waals surface area (Å²) in [5.74, 6) is -0.366. The Balaban J connectivity index is 2.14. The predicted molar refractivity (Wildman–Crippen MR) is 78.8 cm³/mol. The lowest BCUT2D eigenvalue weighted by Gasteiger charge is -2.34. The lowest BCUT2D eigenvalue weighted by Crippen LogP contribution is -2.56. The molecule has 0 aliphatic carbocycles. The van der Waals surface area contributed by atoms with Crippen molar-refractivity contribution in [1.29, 1.82) is 0 Å². The average molecular weight is 309 g/mol. The second-order valence-corrected chi connectivity index (χ2v) is 5.11. The highest BCUT2D eigenvalue weighted by Gasteiger charge is 2.31. The molecule has 1 heterocycles. The number of nitrogens with zero attached hydrogens (tertiary/aromatic N) is 1. The molecular weight excluding hydrogens is 289 g/mol. The quantitative estimate of drug-likeness (QED) is 0.819. The van der Waals surface area contributed by atoms with Crippen molar-refractivity contribution in [2.45, 2.75) is 19.0 Å². The first-order chi connectivity index (χ1) is 10.5. The molecule has 2 N–H and O–H groups in total. The monoisotopic (exact) mass is 309 g/mol. The summed E-state index contributed by atoms with van der Waals surface area (Å²) in [6, 6.07) is 4.04. The lowest BCUT2D eigenvalue weighted by atomic mass is 10.1. The van der Waals surface area contributed by atoms with E-state index in [9.17, 15) is 14.0 Å². The van der Waals surface area contributed by atoms with Crippen LogP contribution in [0.3, 0.4) is 0 Å². The summed E-state index contributed by atoms with van der Waals surface area (Å²) in [5.41, 5.74) is 0.470. The second kappa shape index (κ2) is 7.22. The molecule has 1 aliphatic heterocycles. The van der Waals surface area contributed by atoms with Crippen LogP contribution >= 0.6 is 0 Å². The number of rotatable bonds is 5. The largest absolute Gasteiger partial charge is 0.497 e. The Kier molecular flexibility index (Phi) is 5.32. The zero-order valence-electron chi connectivity index (χ0n) is 12.7. The fourth-order valence-corrected chi connectivity index (χ4v) is 2.45. The third-order valence-corrected chi connectivity index (χ3v) is 3.73. The Labute approximate surface area is 128 Å². The standard InChI is InChI=1S/C15H20FN3O3/c1-17-14(20)8-13-15(21)18-5-6-19(13)9-10-3-4-11(22-2)7-12(10)16/h3-4,7,13H,5-6,8-9H2,1-2H3,(H,17,20)(H,18,21)/t13-/m0/s1. The van der Waals surface area contributed by atoms with Crippen LogP contribution in [0, 0.1) is 5.82 Å². The number of piperazine rings is 1. The van der Waals surface area contributed by atoms with Crippen molar-refractivity contribution in [2.24, 2.45) is 0 Å². The van der Waals surface area contributed by atoms with E-state index >= 15 is 0 Å². The Morgan fingerprint density at radius 3 is 2.95 bits per heavy atom. The molecule has 1 saturated heterocycles. The number of halogens is 1. The number of amides is 2. The van der Waals surface area contributed by atoms with E-state index in [0.717, 1.165) is 0 Å². The summed E-state index contributed by atoms with van der Waals surface area (Å²) in [5, 5.41) is 5.24. The van der Waals surface area contributed by atoms with Gasteiger partial charge in [0.05, 0.1) is 19.6 Å². The summed E-state index contributed by atoms with van der Waals surface area (Å²) >= 11 is 0. The van der Waals surface area contributed by atoms with Crippen LogP contribution in [-0.2, 0) is 16.1 Å². The van der Waals surface area contributed by atoms with Gasteiger partial charge >= 0.3 is 0 Å². The van der Waals surface area contributed by atoms with Crippen LogP contribution in [-0.4, -0.2) is 50.0 Å². The first kappa shape index (κ1) is 16.2. The molecule has 0 bridgehead atoms. The molecule has 0 radical (unpaired) electrons. The van der Waals surface area contributed by atoms with Gasteiger partial charge in [0.1, 0.15) is 11.6 Å². The fourth-order valence-electron chi connectivity index (χ4n) is 2.45. The van der Waals surface area contributed by atoms with Gasteiger partial charge in [0.2, 0.25) is 11.8 Å². The number of methoxy groups -OCH3 is 1. The Bertz CT molecular complexity index is 565. The number of ether oxygens (including phenoxy) is 1. The van der Waals surface area contributed by atoms with Gasteiger partial charge in [0.15, 0.2) is 0 Å². The van der Waals surface area contributed by atoms with Gasteiger partial charge in [0, 0.05) is 38.3 Å². The maximum absolute atomic E-state index is 14.1. The van der Waals surface area contributed by atoms with Crippen molar-refractivity contribution in [1.82, 2.24) is 15.5 Å². The molecule has 1 aromatic rings. The second-order valence-electron chi connectivity index (χ2n) is 5.11. The van der Waals surface area contributed by atoms with Crippen LogP contribution in [0.5, 0.6) is 5.75 Å². The lowest BCUT2D eigenvalue weighted by molar-refractivity contribution is -0.134. The van der Waals surface area contributed by atoms with Gasteiger partial charge < -0.3 is 15.4 Å². The van der Waals surface area contributed by atoms with E-state index in [0.29, 0.717) is 24.4 Å². The maximum atomic E-state index is 14.1. The highest BCUT2D eigenvalue weighted by Crippen LogP contribution is 2.20. The molecular formula is C15H20FN3O3. The van der Waals surface area contributed by atoms with Crippen LogP contribution in [0.4, 0.5) is 4.39 Å². The molecule has 1 atom stereocenters. The van der Waals surface area contributed by atoms with Gasteiger partial charge in [-0.15, -0.1) is 0 Å². The number of carbonyl (C=O) groups is 2. The summed E-state index contributed by atoms with van der Waals surface area (Å²) < 4.78 is 19.0. The van der Waals surface area contributed by atoms with Gasteiger partial charge in [-0.2, -0.15) is 0 Å². The molecule has 7 heteroatoms. The van der Waals surface area contributed by atoms with Crippen molar-refractivity contribution < 1.29 is 18.7 Å². The van der Waals surface area contributed by atoms with E-state index in [1.165, 1.54) is 20.2 Å². The molecule has 0 spiro atoms. The summed E-state index contributed by atoms with van der Waals surface area (Å²) in [6.07, 6.45) is 0.0557. The highest BCUT2D eigenvalue weighted by molar-refractivity contribution is 5.88. The molecule has 1 fully saturated rings. The summed E-state index contributed by atoms with van der Waals surface area (Å²) in [6.45, 7) is 1.32. The molecule has 0 unspecified atom stereocenters. The SMILES string of the molecule is CNC(=O)C[C@H]1C(=O)NCCN1Cc1ccc(OC)cc1F. The van der Waals surface area contributed by atoms with Crippen LogP contribution < -0.4 is 15.4 Å². The van der Waals surface area contributed by atoms with E-state index in [1.807, 2.05) is 4.90 Å². The normalized spacial score (nSPS) is 18.7. The number of benzene rings is 1. The molecule has 2 rings (SSSR count). The minimum atomic E-state index is -0.588. The molecule has 6 nitrogen and oxygen atoms in total. The third-order valence-electron chi connectivity index (χ3n) is 3.73. The number of hydrogen-bond donors (Lipinski definition) is 2. The fraction of sp³-hybridized carbons (Fsp3) is 0.467. The zero-order valence-corrected chi connectivity index (χ0v) is 12.7. The first-order valence-electron chi connectivity index (χ1n) is 7.10. The van der Waals surface area contributed by atoms with Gasteiger partial charge in [-0.05, 0) is 6.07 Å². The highest BCUT2D eigenvalue weighted by atomic mass is 19.1. The third kappa shape index (κ3) is 3.73. The van der Waals surface area contributed by atoms with E-state index in [2.05, 4.69) is 10.6 Å². The van der Waals surface area contributed by atoms with Crippen molar-refractivity contribution >= 4 is 11.8 Å². The molecule has 120 valence electrons. The Morgan fingerprint density at radius 1 is 1.55 bits per heavy atom. The van der Waals surface area contributed by atoms with Gasteiger partial charge in [-0.3, -0.25) is 14.5 Å². The number of nitrogens with one attached hydrogen (secondary N) is 2. The van der Waals surface area contributed by atoms with E-state index in [1.54, 1.807) is 12.1 Å². The summed E-state index contributed by atoms with van der Waals surface area (Å²) in [4.78, 5) is 25.4. The molecule has 0 saturated carbocycles. The van der Waals surface area contributed by atoms with Crippen molar-refractivity contribution in [3.8, 4) is 5.75 Å². The minimum absolute atomic E-state index is 0.0557. The van der Waals surface area contributed by atoms with E-state index < -0.39 is 6.04 Å². The van der Waals surface area contributed by atoms with E-state index in [-0.39, 0.29) is 30.6 Å². The van der Waals surface area contributed by atoms with Crippen molar-refractivity contribution in [3.05, 3.63) is 29.6 Å². The van der Waals surface area contributed by atoms with Crippen LogP contribution in [0.2, 0.25) is 0 Å². The summed E-state index contributed by atoms with van der Waals surface area (Å²) in [7, 11) is 3.00. The van der Waals surface area contributed by atoms with E-state index in [4.69, 9.17) is 4.74 Å². The topological polar surface area (TPSA) is 70.7 Å². The minimum Gasteiger partial charge on any atom is -0.497 e. The molecule has 22 heavy (non-hydrogen) atoms. The van der Waals surface area contributed by atoms with Crippen LogP contribution in [0.15, 0.2) is 18.2 Å². The van der Waals surface area contributed by atoms with Crippen molar-refractivity contribution in [2.75, 3.05) is 27.2 Å². The van der Waals surface area contributed by atoms with Gasteiger partial charge in [-0.1, -0.05) is 6.07 Å². The average Bonchev–Trinajstić information content (AvgIpc) is 2.52. The first-order valence-corrected chi connectivity index (χ1v) is 7.10. The zero-order chi connectivity index (χ0) is 16.1. The predicted octanol–water partition coefficient (Wildman–Crippen LogP) is 0.271. The van der Waals surface area contributed by atoms with Crippen LogP contribution in [0.1, 0.15) is 12.0 Å².